The van der Waals surface area contributed by atoms with Crippen LogP contribution in [-0.2, 0) is 0 Å². The first-order valence-electron chi connectivity index (χ1n) is 8.27. The number of rotatable bonds is 2. The Hall–Kier alpha value is -2.18. The van der Waals surface area contributed by atoms with Crippen LogP contribution < -0.4 is 9.80 Å². The number of fused-ring (bicyclic) bond motifs is 1. The SMILES string of the molecule is Cc1nc(Cl)nc(N2CCN(c3ccnc4cc(Cl)ccc34)CC2)c1F. The molecule has 3 heterocycles. The second kappa shape index (κ2) is 6.85. The average molecular weight is 392 g/mol. The van der Waals surface area contributed by atoms with Gasteiger partial charge >= 0.3 is 0 Å². The molecule has 1 saturated heterocycles. The summed E-state index contributed by atoms with van der Waals surface area (Å²) in [5, 5.41) is 1.79. The van der Waals surface area contributed by atoms with Gasteiger partial charge in [0.15, 0.2) is 11.6 Å². The molecule has 1 aliphatic heterocycles. The highest BCUT2D eigenvalue weighted by atomic mass is 35.5. The van der Waals surface area contributed by atoms with Crippen LogP contribution in [0.1, 0.15) is 5.69 Å². The Morgan fingerprint density at radius 1 is 1.00 bits per heavy atom. The van der Waals surface area contributed by atoms with E-state index in [0.29, 0.717) is 18.1 Å². The van der Waals surface area contributed by atoms with Crippen LogP contribution in [0.2, 0.25) is 10.3 Å². The largest absolute Gasteiger partial charge is 0.367 e. The van der Waals surface area contributed by atoms with E-state index in [1.807, 2.05) is 29.2 Å². The van der Waals surface area contributed by atoms with Gasteiger partial charge in [-0.3, -0.25) is 4.98 Å². The Morgan fingerprint density at radius 2 is 1.73 bits per heavy atom. The number of benzene rings is 1. The molecule has 0 aliphatic carbocycles. The zero-order valence-corrected chi connectivity index (χ0v) is 15.6. The number of aromatic nitrogens is 3. The Morgan fingerprint density at radius 3 is 2.50 bits per heavy atom. The van der Waals surface area contributed by atoms with Crippen LogP contribution in [0.5, 0.6) is 0 Å². The number of hydrogen-bond donors (Lipinski definition) is 0. The molecule has 0 bridgehead atoms. The molecule has 0 N–H and O–H groups in total. The molecular weight excluding hydrogens is 376 g/mol. The second-order valence-corrected chi connectivity index (χ2v) is 6.96. The molecule has 26 heavy (non-hydrogen) atoms. The van der Waals surface area contributed by atoms with Gasteiger partial charge in [-0.1, -0.05) is 11.6 Å². The lowest BCUT2D eigenvalue weighted by Gasteiger charge is -2.37. The van der Waals surface area contributed by atoms with Crippen molar-refractivity contribution in [2.75, 3.05) is 36.0 Å². The first-order chi connectivity index (χ1) is 12.5. The van der Waals surface area contributed by atoms with Gasteiger partial charge in [-0.25, -0.2) is 9.37 Å². The zero-order valence-electron chi connectivity index (χ0n) is 14.1. The van der Waals surface area contributed by atoms with E-state index >= 15 is 0 Å². The quantitative estimate of drug-likeness (QED) is 0.615. The minimum Gasteiger partial charge on any atom is -0.367 e. The maximum absolute atomic E-state index is 14.4. The van der Waals surface area contributed by atoms with Crippen molar-refractivity contribution in [2.24, 2.45) is 0 Å². The molecule has 0 unspecified atom stereocenters. The van der Waals surface area contributed by atoms with Gasteiger partial charge in [0, 0.05) is 48.5 Å². The molecule has 2 aromatic heterocycles. The van der Waals surface area contributed by atoms with Crippen molar-refractivity contribution in [3.05, 3.63) is 52.3 Å². The standard InChI is InChI=1S/C18H16Cl2FN5/c1-11-16(21)17(24-18(20)23-11)26-8-6-25(7-9-26)15-4-5-22-14-10-12(19)2-3-13(14)15/h2-5,10H,6-9H2,1H3. The van der Waals surface area contributed by atoms with E-state index < -0.39 is 5.82 Å². The number of aryl methyl sites for hydroxylation is 1. The zero-order chi connectivity index (χ0) is 18.3. The molecule has 0 radical (unpaired) electrons. The maximum Gasteiger partial charge on any atom is 0.224 e. The number of nitrogens with zero attached hydrogens (tertiary/aromatic N) is 5. The molecule has 134 valence electrons. The van der Waals surface area contributed by atoms with E-state index in [1.54, 1.807) is 13.1 Å². The van der Waals surface area contributed by atoms with Gasteiger partial charge in [-0.15, -0.1) is 0 Å². The predicted molar refractivity (Wildman–Crippen MR) is 103 cm³/mol. The topological polar surface area (TPSA) is 45.2 Å². The molecule has 8 heteroatoms. The van der Waals surface area contributed by atoms with E-state index in [1.165, 1.54) is 0 Å². The van der Waals surface area contributed by atoms with Crippen molar-refractivity contribution < 1.29 is 4.39 Å². The highest BCUT2D eigenvalue weighted by Crippen LogP contribution is 2.29. The molecular formula is C18H16Cl2FN5. The van der Waals surface area contributed by atoms with Gasteiger partial charge in [0.2, 0.25) is 5.28 Å². The molecule has 3 aromatic rings. The van der Waals surface area contributed by atoms with Crippen molar-refractivity contribution >= 4 is 45.6 Å². The van der Waals surface area contributed by atoms with E-state index in [0.717, 1.165) is 29.7 Å². The highest BCUT2D eigenvalue weighted by Gasteiger charge is 2.23. The second-order valence-electron chi connectivity index (χ2n) is 6.18. The Labute approximate surface area is 160 Å². The number of piperazine rings is 1. The summed E-state index contributed by atoms with van der Waals surface area (Å²) in [6.07, 6.45) is 1.79. The smallest absolute Gasteiger partial charge is 0.224 e. The minimum atomic E-state index is -0.410. The van der Waals surface area contributed by atoms with Gasteiger partial charge in [-0.2, -0.15) is 4.98 Å². The number of pyridine rings is 1. The molecule has 4 rings (SSSR count). The van der Waals surface area contributed by atoms with Crippen LogP contribution in [0, 0.1) is 12.7 Å². The molecule has 1 aromatic carbocycles. The van der Waals surface area contributed by atoms with Crippen LogP contribution in [0.25, 0.3) is 10.9 Å². The van der Waals surface area contributed by atoms with Gasteiger partial charge in [-0.05, 0) is 42.8 Å². The average Bonchev–Trinajstić information content (AvgIpc) is 2.64. The highest BCUT2D eigenvalue weighted by molar-refractivity contribution is 6.31. The van der Waals surface area contributed by atoms with Gasteiger partial charge in [0.25, 0.3) is 0 Å². The molecule has 1 fully saturated rings. The van der Waals surface area contributed by atoms with Gasteiger partial charge in [0.05, 0.1) is 11.2 Å². The Kier molecular flexibility index (Phi) is 4.54. The van der Waals surface area contributed by atoms with Crippen molar-refractivity contribution in [3.8, 4) is 0 Å². The minimum absolute atomic E-state index is 0.0679. The molecule has 0 amide bonds. The summed E-state index contributed by atoms with van der Waals surface area (Å²) in [5.41, 5.74) is 2.23. The van der Waals surface area contributed by atoms with E-state index in [4.69, 9.17) is 23.2 Å². The lowest BCUT2D eigenvalue weighted by Crippen LogP contribution is -2.47. The van der Waals surface area contributed by atoms with Gasteiger partial charge < -0.3 is 9.80 Å². The number of hydrogen-bond acceptors (Lipinski definition) is 5. The summed E-state index contributed by atoms with van der Waals surface area (Å²) in [7, 11) is 0. The van der Waals surface area contributed by atoms with Crippen molar-refractivity contribution in [1.82, 2.24) is 15.0 Å². The molecule has 0 saturated carbocycles. The lowest BCUT2D eigenvalue weighted by atomic mass is 10.1. The Bertz CT molecular complexity index is 973. The summed E-state index contributed by atoms with van der Waals surface area (Å²) < 4.78 is 14.4. The van der Waals surface area contributed by atoms with Crippen LogP contribution >= 0.6 is 23.2 Å². The summed E-state index contributed by atoms with van der Waals surface area (Å²) in [4.78, 5) is 16.5. The fourth-order valence-corrected chi connectivity index (χ4v) is 3.63. The molecule has 5 nitrogen and oxygen atoms in total. The third-order valence-corrected chi connectivity index (χ3v) is 4.98. The fraction of sp³-hybridized carbons (Fsp3) is 0.278. The summed E-state index contributed by atoms with van der Waals surface area (Å²) in [6.45, 7) is 4.35. The first-order valence-corrected chi connectivity index (χ1v) is 9.02. The van der Waals surface area contributed by atoms with E-state index in [-0.39, 0.29) is 16.8 Å². The normalized spacial score (nSPS) is 14.9. The Balaban J connectivity index is 1.58. The van der Waals surface area contributed by atoms with Crippen LogP contribution in [0.4, 0.5) is 15.9 Å². The van der Waals surface area contributed by atoms with Crippen molar-refractivity contribution in [3.63, 3.8) is 0 Å². The fourth-order valence-electron chi connectivity index (χ4n) is 3.26. The maximum atomic E-state index is 14.4. The first kappa shape index (κ1) is 17.2. The monoisotopic (exact) mass is 391 g/mol. The lowest BCUT2D eigenvalue weighted by molar-refractivity contribution is 0.575. The van der Waals surface area contributed by atoms with Crippen molar-refractivity contribution in [1.29, 1.82) is 0 Å². The third kappa shape index (κ3) is 3.15. The predicted octanol–water partition coefficient (Wildman–Crippen LogP) is 4.11. The van der Waals surface area contributed by atoms with Crippen LogP contribution in [0.3, 0.4) is 0 Å². The number of halogens is 3. The van der Waals surface area contributed by atoms with E-state index in [2.05, 4.69) is 19.9 Å². The van der Waals surface area contributed by atoms with Crippen LogP contribution in [0.15, 0.2) is 30.5 Å². The summed E-state index contributed by atoms with van der Waals surface area (Å²) in [6, 6.07) is 7.71. The third-order valence-electron chi connectivity index (χ3n) is 4.57. The van der Waals surface area contributed by atoms with Gasteiger partial charge in [0.1, 0.15) is 0 Å². The molecule has 1 aliphatic rings. The summed E-state index contributed by atoms with van der Waals surface area (Å²) >= 11 is 12.0. The van der Waals surface area contributed by atoms with E-state index in [9.17, 15) is 4.39 Å². The van der Waals surface area contributed by atoms with Crippen molar-refractivity contribution in [2.45, 2.75) is 6.92 Å². The molecule has 0 atom stereocenters. The summed E-state index contributed by atoms with van der Waals surface area (Å²) in [5.74, 6) is -0.139. The number of anilines is 2. The molecule has 0 spiro atoms. The van der Waals surface area contributed by atoms with Crippen LogP contribution in [-0.4, -0.2) is 41.1 Å².